The summed E-state index contributed by atoms with van der Waals surface area (Å²) in [5, 5.41) is 5.49. The number of aromatic nitrogens is 1. The van der Waals surface area contributed by atoms with E-state index in [1.165, 1.54) is 17.5 Å². The molecule has 10 heteroatoms. The second-order valence-electron chi connectivity index (χ2n) is 7.94. The SMILES string of the molecule is O=C(CC1(C(=O)NCc2ccc(Nc3ccc(F)cc3C(F)(F)F)cc2)CC1)c1cncs1. The highest BCUT2D eigenvalue weighted by Crippen LogP contribution is 2.49. The van der Waals surface area contributed by atoms with Gasteiger partial charge in [0.15, 0.2) is 5.78 Å². The average molecular weight is 477 g/mol. The highest BCUT2D eigenvalue weighted by atomic mass is 32.1. The summed E-state index contributed by atoms with van der Waals surface area (Å²) >= 11 is 1.25. The third kappa shape index (κ3) is 5.39. The Morgan fingerprint density at radius 3 is 2.42 bits per heavy atom. The van der Waals surface area contributed by atoms with Gasteiger partial charge < -0.3 is 10.6 Å². The number of thiazole rings is 1. The summed E-state index contributed by atoms with van der Waals surface area (Å²) < 4.78 is 52.7. The highest BCUT2D eigenvalue weighted by Gasteiger charge is 2.51. The number of nitrogens with one attached hydrogen (secondary N) is 2. The van der Waals surface area contributed by atoms with Gasteiger partial charge in [0.2, 0.25) is 5.91 Å². The molecule has 4 rings (SSSR count). The molecule has 5 nitrogen and oxygen atoms in total. The number of Topliss-reactive ketones (excluding diaryl/α,β-unsaturated/α-hetero) is 1. The van der Waals surface area contributed by atoms with Crippen LogP contribution in [0.25, 0.3) is 0 Å². The fourth-order valence-electron chi connectivity index (χ4n) is 3.47. The van der Waals surface area contributed by atoms with Gasteiger partial charge in [-0.1, -0.05) is 12.1 Å². The monoisotopic (exact) mass is 477 g/mol. The van der Waals surface area contributed by atoms with E-state index in [-0.39, 0.29) is 30.3 Å². The molecule has 1 amide bonds. The smallest absolute Gasteiger partial charge is 0.355 e. The normalized spacial score (nSPS) is 14.5. The second-order valence-corrected chi connectivity index (χ2v) is 8.82. The Morgan fingerprint density at radius 2 is 1.82 bits per heavy atom. The van der Waals surface area contributed by atoms with E-state index in [1.807, 2.05) is 0 Å². The number of amides is 1. The van der Waals surface area contributed by atoms with Crippen LogP contribution in [0.15, 0.2) is 54.2 Å². The zero-order valence-electron chi connectivity index (χ0n) is 17.2. The van der Waals surface area contributed by atoms with Gasteiger partial charge in [-0.05, 0) is 48.7 Å². The Kier molecular flexibility index (Phi) is 6.20. The van der Waals surface area contributed by atoms with Crippen LogP contribution in [0.4, 0.5) is 28.9 Å². The Morgan fingerprint density at radius 1 is 1.09 bits per heavy atom. The molecule has 1 saturated carbocycles. The summed E-state index contributed by atoms with van der Waals surface area (Å²) in [5.41, 5.74) is 0.669. The standard InChI is InChI=1S/C23H19F4N3O2S/c24-15-3-6-18(17(9-15)23(25,26)27)30-16-4-1-14(2-5-16)11-29-21(32)22(7-8-22)10-19(31)20-12-28-13-33-20/h1-6,9,12-13,30H,7-8,10-11H2,(H,29,32). The molecule has 0 saturated heterocycles. The van der Waals surface area contributed by atoms with Crippen molar-refractivity contribution in [1.82, 2.24) is 10.3 Å². The molecule has 1 heterocycles. The average Bonchev–Trinajstić information content (AvgIpc) is 3.33. The van der Waals surface area contributed by atoms with Crippen molar-refractivity contribution in [2.45, 2.75) is 32.0 Å². The van der Waals surface area contributed by atoms with Crippen LogP contribution in [-0.4, -0.2) is 16.7 Å². The predicted molar refractivity (Wildman–Crippen MR) is 116 cm³/mol. The molecule has 1 fully saturated rings. The lowest BCUT2D eigenvalue weighted by atomic mass is 9.97. The predicted octanol–water partition coefficient (Wildman–Crippen LogP) is 5.71. The topological polar surface area (TPSA) is 71.1 Å². The lowest BCUT2D eigenvalue weighted by Gasteiger charge is -2.16. The van der Waals surface area contributed by atoms with Crippen molar-refractivity contribution in [2.75, 3.05) is 5.32 Å². The van der Waals surface area contributed by atoms with Gasteiger partial charge in [-0.3, -0.25) is 14.6 Å². The first kappa shape index (κ1) is 22.9. The van der Waals surface area contributed by atoms with Crippen molar-refractivity contribution in [3.63, 3.8) is 0 Å². The first-order valence-electron chi connectivity index (χ1n) is 10.1. The first-order chi connectivity index (χ1) is 15.7. The minimum atomic E-state index is -4.70. The molecule has 0 atom stereocenters. The number of nitrogens with zero attached hydrogens (tertiary/aromatic N) is 1. The van der Waals surface area contributed by atoms with E-state index < -0.39 is 23.0 Å². The van der Waals surface area contributed by atoms with Crippen LogP contribution in [-0.2, 0) is 17.5 Å². The molecule has 1 aromatic heterocycles. The molecule has 172 valence electrons. The van der Waals surface area contributed by atoms with Crippen LogP contribution in [0.1, 0.15) is 40.1 Å². The third-order valence-electron chi connectivity index (χ3n) is 5.51. The van der Waals surface area contributed by atoms with Crippen molar-refractivity contribution in [2.24, 2.45) is 5.41 Å². The number of anilines is 2. The first-order valence-corrected chi connectivity index (χ1v) is 11.0. The summed E-state index contributed by atoms with van der Waals surface area (Å²) in [5.74, 6) is -1.26. The molecule has 0 bridgehead atoms. The Hall–Kier alpha value is -3.27. The Bertz CT molecular complexity index is 1160. The van der Waals surface area contributed by atoms with E-state index >= 15 is 0 Å². The molecule has 33 heavy (non-hydrogen) atoms. The minimum absolute atomic E-state index is 0.0976. The fourth-order valence-corrected chi connectivity index (χ4v) is 4.03. The van der Waals surface area contributed by atoms with E-state index in [0.29, 0.717) is 29.5 Å². The zero-order chi connectivity index (χ0) is 23.6. The number of hydrogen-bond acceptors (Lipinski definition) is 5. The van der Waals surface area contributed by atoms with Crippen LogP contribution in [0.2, 0.25) is 0 Å². The van der Waals surface area contributed by atoms with E-state index in [9.17, 15) is 27.2 Å². The number of hydrogen-bond donors (Lipinski definition) is 2. The quantitative estimate of drug-likeness (QED) is 0.322. The lowest BCUT2D eigenvalue weighted by Crippen LogP contribution is -2.33. The number of carbonyl (C=O) groups is 2. The van der Waals surface area contributed by atoms with Gasteiger partial charge in [0.1, 0.15) is 5.82 Å². The van der Waals surface area contributed by atoms with Crippen LogP contribution >= 0.6 is 11.3 Å². The maximum Gasteiger partial charge on any atom is 0.418 e. The molecule has 2 aromatic carbocycles. The Labute approximate surface area is 190 Å². The molecular weight excluding hydrogens is 458 g/mol. The van der Waals surface area contributed by atoms with Crippen molar-refractivity contribution >= 4 is 34.4 Å². The van der Waals surface area contributed by atoms with Crippen molar-refractivity contribution in [3.8, 4) is 0 Å². The molecule has 0 spiro atoms. The van der Waals surface area contributed by atoms with Crippen molar-refractivity contribution < 1.29 is 27.2 Å². The molecule has 1 aliphatic rings. The van der Waals surface area contributed by atoms with Crippen LogP contribution in [0, 0.1) is 11.2 Å². The number of benzene rings is 2. The molecule has 0 radical (unpaired) electrons. The number of alkyl halides is 3. The summed E-state index contributed by atoms with van der Waals surface area (Å²) in [6.07, 6.45) is -1.77. The lowest BCUT2D eigenvalue weighted by molar-refractivity contribution is -0.137. The second kappa shape index (κ2) is 8.93. The van der Waals surface area contributed by atoms with Crippen molar-refractivity contribution in [1.29, 1.82) is 0 Å². The molecular formula is C23H19F4N3O2S. The molecule has 2 N–H and O–H groups in total. The largest absolute Gasteiger partial charge is 0.418 e. The summed E-state index contributed by atoms with van der Waals surface area (Å²) in [6, 6.07) is 8.92. The third-order valence-corrected chi connectivity index (χ3v) is 6.33. The number of rotatable bonds is 8. The van der Waals surface area contributed by atoms with Gasteiger partial charge in [0.25, 0.3) is 0 Å². The van der Waals surface area contributed by atoms with Gasteiger partial charge in [-0.25, -0.2) is 4.39 Å². The highest BCUT2D eigenvalue weighted by molar-refractivity contribution is 7.11. The van der Waals surface area contributed by atoms with Gasteiger partial charge in [-0.15, -0.1) is 11.3 Å². The summed E-state index contributed by atoms with van der Waals surface area (Å²) in [6.45, 7) is 0.222. The number of halogens is 4. The maximum atomic E-state index is 13.3. The van der Waals surface area contributed by atoms with Crippen LogP contribution < -0.4 is 10.6 Å². The zero-order valence-corrected chi connectivity index (χ0v) is 18.0. The van der Waals surface area contributed by atoms with Crippen LogP contribution in [0.5, 0.6) is 0 Å². The van der Waals surface area contributed by atoms with E-state index in [0.717, 1.165) is 17.7 Å². The molecule has 1 aliphatic carbocycles. The molecule has 3 aromatic rings. The fraction of sp³-hybridized carbons (Fsp3) is 0.261. The Balaban J connectivity index is 1.35. The number of ketones is 1. The van der Waals surface area contributed by atoms with Crippen molar-refractivity contribution in [3.05, 3.63) is 76.0 Å². The van der Waals surface area contributed by atoms with Gasteiger partial charge in [0, 0.05) is 24.8 Å². The van der Waals surface area contributed by atoms with Crippen LogP contribution in [0.3, 0.4) is 0 Å². The van der Waals surface area contributed by atoms with E-state index in [1.54, 1.807) is 29.8 Å². The summed E-state index contributed by atoms with van der Waals surface area (Å²) in [4.78, 5) is 29.4. The minimum Gasteiger partial charge on any atom is -0.355 e. The van der Waals surface area contributed by atoms with Gasteiger partial charge >= 0.3 is 6.18 Å². The van der Waals surface area contributed by atoms with E-state index in [2.05, 4.69) is 15.6 Å². The van der Waals surface area contributed by atoms with Gasteiger partial charge in [-0.2, -0.15) is 13.2 Å². The van der Waals surface area contributed by atoms with Gasteiger partial charge in [0.05, 0.1) is 27.1 Å². The van der Waals surface area contributed by atoms with E-state index in [4.69, 9.17) is 0 Å². The maximum absolute atomic E-state index is 13.3. The molecule has 0 aliphatic heterocycles. The number of carbonyl (C=O) groups excluding carboxylic acids is 2. The summed E-state index contributed by atoms with van der Waals surface area (Å²) in [7, 11) is 0. The molecule has 0 unspecified atom stereocenters.